The average molecular weight is 351 g/mol. The zero-order valence-corrected chi connectivity index (χ0v) is 17.2. The van der Waals surface area contributed by atoms with Crippen LogP contribution in [0.3, 0.4) is 0 Å². The standard InChI is InChI=1S/C21H38N2O2/c1-19(2,3)25-18(24)23-12-7-8-16(10-13-23)22-17-14-15-9-11-21(17,6)20(15,4)5/h15-17,22H,7-14H2,1-6H3. The van der Waals surface area contributed by atoms with E-state index in [9.17, 15) is 4.79 Å². The summed E-state index contributed by atoms with van der Waals surface area (Å²) in [6.45, 7) is 14.9. The van der Waals surface area contributed by atoms with Crippen molar-refractivity contribution in [1.82, 2.24) is 10.2 Å². The molecule has 25 heavy (non-hydrogen) atoms. The number of rotatable bonds is 2. The van der Waals surface area contributed by atoms with Crippen LogP contribution in [0, 0.1) is 16.7 Å². The molecular weight excluding hydrogens is 312 g/mol. The third-order valence-electron chi connectivity index (χ3n) is 7.61. The van der Waals surface area contributed by atoms with E-state index in [1.807, 2.05) is 25.7 Å². The molecule has 4 unspecified atom stereocenters. The summed E-state index contributed by atoms with van der Waals surface area (Å²) in [4.78, 5) is 14.2. The predicted octanol–water partition coefficient (Wildman–Crippen LogP) is 4.58. The van der Waals surface area contributed by atoms with E-state index >= 15 is 0 Å². The molecule has 0 spiro atoms. The molecule has 3 aliphatic rings. The molecule has 0 radical (unpaired) electrons. The van der Waals surface area contributed by atoms with Crippen LogP contribution in [0.1, 0.15) is 80.1 Å². The monoisotopic (exact) mass is 350 g/mol. The van der Waals surface area contributed by atoms with Gasteiger partial charge < -0.3 is 15.0 Å². The molecule has 0 aromatic rings. The van der Waals surface area contributed by atoms with Gasteiger partial charge in [0.25, 0.3) is 0 Å². The van der Waals surface area contributed by atoms with Crippen LogP contribution in [0.5, 0.6) is 0 Å². The lowest BCUT2D eigenvalue weighted by Crippen LogP contribution is -2.48. The second-order valence-corrected chi connectivity index (χ2v) is 10.4. The summed E-state index contributed by atoms with van der Waals surface area (Å²) in [7, 11) is 0. The van der Waals surface area contributed by atoms with E-state index in [0.29, 0.717) is 22.9 Å². The van der Waals surface area contributed by atoms with Crippen LogP contribution in [0.15, 0.2) is 0 Å². The van der Waals surface area contributed by atoms with Gasteiger partial charge in [-0.3, -0.25) is 0 Å². The number of amides is 1. The van der Waals surface area contributed by atoms with Crippen molar-refractivity contribution in [2.24, 2.45) is 16.7 Å². The lowest BCUT2D eigenvalue weighted by Gasteiger charge is -2.41. The number of nitrogens with one attached hydrogen (secondary N) is 1. The van der Waals surface area contributed by atoms with Gasteiger partial charge >= 0.3 is 6.09 Å². The quantitative estimate of drug-likeness (QED) is 0.792. The first-order valence-electron chi connectivity index (χ1n) is 10.3. The van der Waals surface area contributed by atoms with Gasteiger partial charge in [0.2, 0.25) is 0 Å². The van der Waals surface area contributed by atoms with Crippen LogP contribution in [0.2, 0.25) is 0 Å². The van der Waals surface area contributed by atoms with Crippen molar-refractivity contribution in [1.29, 1.82) is 0 Å². The number of fused-ring (bicyclic) bond motifs is 2. The van der Waals surface area contributed by atoms with Gasteiger partial charge in [0, 0.05) is 25.2 Å². The predicted molar refractivity (Wildman–Crippen MR) is 102 cm³/mol. The molecule has 2 saturated carbocycles. The summed E-state index contributed by atoms with van der Waals surface area (Å²) >= 11 is 0. The smallest absolute Gasteiger partial charge is 0.410 e. The first kappa shape index (κ1) is 19.0. The molecule has 4 nitrogen and oxygen atoms in total. The summed E-state index contributed by atoms with van der Waals surface area (Å²) in [6.07, 6.45) is 7.20. The van der Waals surface area contributed by atoms with Crippen LogP contribution in [0.25, 0.3) is 0 Å². The summed E-state index contributed by atoms with van der Waals surface area (Å²) in [6, 6.07) is 1.17. The van der Waals surface area contributed by atoms with Crippen LogP contribution in [0.4, 0.5) is 4.79 Å². The number of hydrogen-bond donors (Lipinski definition) is 1. The van der Waals surface area contributed by atoms with Gasteiger partial charge in [0.05, 0.1) is 0 Å². The summed E-state index contributed by atoms with van der Waals surface area (Å²) in [5.74, 6) is 0.874. The minimum atomic E-state index is -0.412. The second kappa shape index (κ2) is 6.44. The lowest BCUT2D eigenvalue weighted by atomic mass is 9.69. The fraction of sp³-hybridized carbons (Fsp3) is 0.952. The molecule has 2 aliphatic carbocycles. The Hall–Kier alpha value is -0.770. The minimum absolute atomic E-state index is 0.152. The van der Waals surface area contributed by atoms with E-state index in [4.69, 9.17) is 4.74 Å². The van der Waals surface area contributed by atoms with E-state index < -0.39 is 5.60 Å². The van der Waals surface area contributed by atoms with Crippen molar-refractivity contribution in [3.63, 3.8) is 0 Å². The third-order valence-corrected chi connectivity index (χ3v) is 7.61. The molecule has 1 amide bonds. The van der Waals surface area contributed by atoms with Crippen molar-refractivity contribution in [3.05, 3.63) is 0 Å². The molecule has 4 heteroatoms. The maximum absolute atomic E-state index is 12.3. The molecule has 3 rings (SSSR count). The largest absolute Gasteiger partial charge is 0.444 e. The van der Waals surface area contributed by atoms with Crippen LogP contribution in [-0.2, 0) is 4.74 Å². The molecule has 0 aromatic heterocycles. The normalized spacial score (nSPS) is 37.8. The fourth-order valence-corrected chi connectivity index (χ4v) is 5.51. The van der Waals surface area contributed by atoms with Gasteiger partial charge in [-0.2, -0.15) is 0 Å². The molecular formula is C21H38N2O2. The first-order chi connectivity index (χ1) is 11.5. The van der Waals surface area contributed by atoms with Crippen LogP contribution >= 0.6 is 0 Å². The lowest BCUT2D eigenvalue weighted by molar-refractivity contribution is 0.0255. The van der Waals surface area contributed by atoms with Gasteiger partial charge in [-0.1, -0.05) is 20.8 Å². The van der Waals surface area contributed by atoms with E-state index in [0.717, 1.165) is 38.3 Å². The average Bonchev–Trinajstić information content (AvgIpc) is 2.74. The Balaban J connectivity index is 1.55. The number of nitrogens with zero attached hydrogens (tertiary/aromatic N) is 1. The number of hydrogen-bond acceptors (Lipinski definition) is 3. The van der Waals surface area contributed by atoms with E-state index in [-0.39, 0.29) is 6.09 Å². The van der Waals surface area contributed by atoms with Gasteiger partial charge in [-0.25, -0.2) is 4.79 Å². The number of ether oxygens (including phenoxy) is 1. The zero-order chi connectivity index (χ0) is 18.5. The molecule has 1 saturated heterocycles. The molecule has 1 N–H and O–H groups in total. The van der Waals surface area contributed by atoms with Crippen molar-refractivity contribution in [2.75, 3.05) is 13.1 Å². The highest BCUT2D eigenvalue weighted by Crippen LogP contribution is 2.65. The second-order valence-electron chi connectivity index (χ2n) is 10.4. The number of likely N-dealkylation sites (tertiary alicyclic amines) is 1. The van der Waals surface area contributed by atoms with Crippen molar-refractivity contribution in [2.45, 2.75) is 97.8 Å². The Bertz CT molecular complexity index is 511. The van der Waals surface area contributed by atoms with Crippen molar-refractivity contribution < 1.29 is 9.53 Å². The Morgan fingerprint density at radius 2 is 1.84 bits per heavy atom. The maximum Gasteiger partial charge on any atom is 0.410 e. The van der Waals surface area contributed by atoms with Crippen molar-refractivity contribution >= 4 is 6.09 Å². The summed E-state index contributed by atoms with van der Waals surface area (Å²) in [5.41, 5.74) is 0.469. The Kier molecular flexibility index (Phi) is 4.89. The molecule has 1 aliphatic heterocycles. The van der Waals surface area contributed by atoms with Gasteiger partial charge in [-0.15, -0.1) is 0 Å². The fourth-order valence-electron chi connectivity index (χ4n) is 5.51. The number of carbonyl (C=O) groups excluding carboxylic acids is 1. The van der Waals surface area contributed by atoms with Gasteiger partial charge in [0.15, 0.2) is 0 Å². The molecule has 3 fully saturated rings. The van der Waals surface area contributed by atoms with Crippen LogP contribution in [-0.4, -0.2) is 41.8 Å². The molecule has 144 valence electrons. The van der Waals surface area contributed by atoms with Gasteiger partial charge in [0.1, 0.15) is 5.60 Å². The Morgan fingerprint density at radius 3 is 2.40 bits per heavy atom. The summed E-state index contributed by atoms with van der Waals surface area (Å²) < 4.78 is 5.55. The summed E-state index contributed by atoms with van der Waals surface area (Å²) in [5, 5.41) is 4.01. The molecule has 2 bridgehead atoms. The van der Waals surface area contributed by atoms with Gasteiger partial charge in [-0.05, 0) is 76.0 Å². The first-order valence-corrected chi connectivity index (χ1v) is 10.3. The Labute approximate surface area is 154 Å². The molecule has 0 aromatic carbocycles. The third kappa shape index (κ3) is 3.56. The highest BCUT2D eigenvalue weighted by molar-refractivity contribution is 5.68. The van der Waals surface area contributed by atoms with E-state index in [1.54, 1.807) is 0 Å². The maximum atomic E-state index is 12.3. The molecule has 1 heterocycles. The topological polar surface area (TPSA) is 41.6 Å². The van der Waals surface area contributed by atoms with Crippen LogP contribution < -0.4 is 5.32 Å². The zero-order valence-electron chi connectivity index (χ0n) is 17.2. The highest BCUT2D eigenvalue weighted by Gasteiger charge is 2.61. The molecule has 4 atom stereocenters. The highest BCUT2D eigenvalue weighted by atomic mass is 16.6. The van der Waals surface area contributed by atoms with E-state index in [2.05, 4.69) is 26.1 Å². The van der Waals surface area contributed by atoms with E-state index in [1.165, 1.54) is 19.3 Å². The SMILES string of the molecule is CC(C)(C)OC(=O)N1CCCC(NC2CC3CCC2(C)C3(C)C)CC1. The minimum Gasteiger partial charge on any atom is -0.444 e. The van der Waals surface area contributed by atoms with Crippen molar-refractivity contribution in [3.8, 4) is 0 Å². The number of carbonyl (C=O) groups is 1. The Morgan fingerprint density at radius 1 is 1.12 bits per heavy atom.